The molecular weight excluding hydrogens is 219 g/mol. The fraction of sp³-hybridized carbons (Fsp3) is 0.462. The second-order valence-electron chi connectivity index (χ2n) is 4.31. The Balaban J connectivity index is 1.97. The Kier molecular flexibility index (Phi) is 3.60. The predicted molar refractivity (Wildman–Crippen MR) is 63.1 cm³/mol. The van der Waals surface area contributed by atoms with Crippen molar-refractivity contribution in [2.75, 3.05) is 18.5 Å². The van der Waals surface area contributed by atoms with E-state index in [1.807, 2.05) is 13.0 Å². The molecule has 2 rings (SSSR count). The number of nitrogens with zero attached hydrogens (tertiary/aromatic N) is 1. The van der Waals surface area contributed by atoms with Crippen molar-refractivity contribution in [1.29, 1.82) is 5.26 Å². The van der Waals surface area contributed by atoms with Gasteiger partial charge in [0.25, 0.3) is 0 Å². The van der Waals surface area contributed by atoms with Gasteiger partial charge in [0.15, 0.2) is 0 Å². The Morgan fingerprint density at radius 3 is 3.00 bits per heavy atom. The molecule has 2 atom stereocenters. The molecule has 0 spiro atoms. The molecule has 0 radical (unpaired) electrons. The third-order valence-corrected chi connectivity index (χ3v) is 3.19. The lowest BCUT2D eigenvalue weighted by Gasteiger charge is -2.15. The molecule has 0 amide bonds. The van der Waals surface area contributed by atoms with Crippen LogP contribution in [-0.2, 0) is 4.74 Å². The number of hydrogen-bond acceptors (Lipinski definition) is 3. The van der Waals surface area contributed by atoms with E-state index in [2.05, 4.69) is 5.32 Å². The van der Waals surface area contributed by atoms with Gasteiger partial charge in [-0.25, -0.2) is 4.39 Å². The molecule has 1 aromatic rings. The van der Waals surface area contributed by atoms with Gasteiger partial charge in [-0.1, -0.05) is 0 Å². The van der Waals surface area contributed by atoms with E-state index in [-0.39, 0.29) is 11.9 Å². The lowest BCUT2D eigenvalue weighted by atomic mass is 10.0. The topological polar surface area (TPSA) is 45.0 Å². The Hall–Kier alpha value is -1.60. The summed E-state index contributed by atoms with van der Waals surface area (Å²) in [6.07, 6.45) is 1.23. The average molecular weight is 234 g/mol. The molecule has 0 aromatic heterocycles. The van der Waals surface area contributed by atoms with Crippen LogP contribution in [0.1, 0.15) is 18.9 Å². The standard InChI is InChI=1S/C13H15FN2O/c1-9-11(4-5-17-9)8-16-13-3-2-10(7-15)6-12(13)14/h2-3,6,9,11,16H,4-5,8H2,1H3. The summed E-state index contributed by atoms with van der Waals surface area (Å²) < 4.78 is 19.0. The molecule has 90 valence electrons. The first kappa shape index (κ1) is 11.9. The second-order valence-corrected chi connectivity index (χ2v) is 4.31. The zero-order valence-corrected chi connectivity index (χ0v) is 9.74. The van der Waals surface area contributed by atoms with Crippen molar-refractivity contribution in [2.45, 2.75) is 19.4 Å². The molecule has 1 aromatic carbocycles. The monoisotopic (exact) mass is 234 g/mol. The first-order valence-electron chi connectivity index (χ1n) is 5.76. The van der Waals surface area contributed by atoms with Gasteiger partial charge >= 0.3 is 0 Å². The highest BCUT2D eigenvalue weighted by atomic mass is 19.1. The summed E-state index contributed by atoms with van der Waals surface area (Å²) in [7, 11) is 0. The van der Waals surface area contributed by atoms with Crippen molar-refractivity contribution in [3.8, 4) is 6.07 Å². The van der Waals surface area contributed by atoms with Crippen LogP contribution in [0, 0.1) is 23.1 Å². The second kappa shape index (κ2) is 5.15. The van der Waals surface area contributed by atoms with Gasteiger partial charge < -0.3 is 10.1 Å². The molecule has 0 saturated carbocycles. The van der Waals surface area contributed by atoms with Crippen LogP contribution in [0.5, 0.6) is 0 Å². The highest BCUT2D eigenvalue weighted by Gasteiger charge is 2.23. The van der Waals surface area contributed by atoms with Crippen LogP contribution in [-0.4, -0.2) is 19.3 Å². The number of ether oxygens (including phenoxy) is 1. The Bertz CT molecular complexity index is 442. The zero-order valence-electron chi connectivity index (χ0n) is 9.74. The summed E-state index contributed by atoms with van der Waals surface area (Å²) in [4.78, 5) is 0. The van der Waals surface area contributed by atoms with E-state index in [1.54, 1.807) is 12.1 Å². The van der Waals surface area contributed by atoms with Crippen molar-refractivity contribution in [3.05, 3.63) is 29.6 Å². The van der Waals surface area contributed by atoms with Crippen molar-refractivity contribution in [1.82, 2.24) is 0 Å². The molecule has 1 N–H and O–H groups in total. The highest BCUT2D eigenvalue weighted by Crippen LogP contribution is 2.22. The minimum atomic E-state index is -0.379. The molecular formula is C13H15FN2O. The van der Waals surface area contributed by atoms with Crippen LogP contribution in [0.2, 0.25) is 0 Å². The Morgan fingerprint density at radius 2 is 2.41 bits per heavy atom. The lowest BCUT2D eigenvalue weighted by Crippen LogP contribution is -2.21. The maximum absolute atomic E-state index is 13.6. The fourth-order valence-electron chi connectivity index (χ4n) is 2.01. The van der Waals surface area contributed by atoms with Crippen LogP contribution >= 0.6 is 0 Å². The molecule has 1 aliphatic rings. The van der Waals surface area contributed by atoms with Crippen LogP contribution in [0.4, 0.5) is 10.1 Å². The first-order valence-corrected chi connectivity index (χ1v) is 5.76. The van der Waals surface area contributed by atoms with E-state index in [4.69, 9.17) is 10.00 Å². The number of anilines is 1. The van der Waals surface area contributed by atoms with Gasteiger partial charge in [0.05, 0.1) is 23.4 Å². The van der Waals surface area contributed by atoms with Crippen LogP contribution in [0.25, 0.3) is 0 Å². The molecule has 1 heterocycles. The molecule has 4 heteroatoms. The number of nitriles is 1. The third-order valence-electron chi connectivity index (χ3n) is 3.19. The normalized spacial score (nSPS) is 23.4. The van der Waals surface area contributed by atoms with Gasteiger partial charge in [-0.15, -0.1) is 0 Å². The number of halogens is 1. The molecule has 0 aliphatic carbocycles. The Labute approximate surface area is 100 Å². The number of hydrogen-bond donors (Lipinski definition) is 1. The van der Waals surface area contributed by atoms with Crippen LogP contribution in [0.15, 0.2) is 18.2 Å². The lowest BCUT2D eigenvalue weighted by molar-refractivity contribution is 0.108. The van der Waals surface area contributed by atoms with E-state index in [0.717, 1.165) is 13.0 Å². The van der Waals surface area contributed by atoms with Crippen molar-refractivity contribution in [3.63, 3.8) is 0 Å². The van der Waals surface area contributed by atoms with Gasteiger partial charge in [-0.3, -0.25) is 0 Å². The van der Waals surface area contributed by atoms with Crippen LogP contribution < -0.4 is 5.32 Å². The minimum Gasteiger partial charge on any atom is -0.382 e. The van der Waals surface area contributed by atoms with E-state index >= 15 is 0 Å². The minimum absolute atomic E-state index is 0.226. The van der Waals surface area contributed by atoms with Crippen LogP contribution in [0.3, 0.4) is 0 Å². The van der Waals surface area contributed by atoms with E-state index < -0.39 is 0 Å². The largest absolute Gasteiger partial charge is 0.382 e. The van der Waals surface area contributed by atoms with Gasteiger partial charge in [0.2, 0.25) is 0 Å². The predicted octanol–water partition coefficient (Wildman–Crippen LogP) is 2.53. The molecule has 2 unspecified atom stereocenters. The SMILES string of the molecule is CC1OCCC1CNc1ccc(C#N)cc1F. The van der Waals surface area contributed by atoms with Crippen molar-refractivity contribution < 1.29 is 9.13 Å². The quantitative estimate of drug-likeness (QED) is 0.874. The smallest absolute Gasteiger partial charge is 0.147 e. The average Bonchev–Trinajstić information content (AvgIpc) is 2.73. The van der Waals surface area contributed by atoms with E-state index in [9.17, 15) is 4.39 Å². The summed E-state index contributed by atoms with van der Waals surface area (Å²) in [6.45, 7) is 3.52. The van der Waals surface area contributed by atoms with Gasteiger partial charge in [0.1, 0.15) is 5.82 Å². The molecule has 17 heavy (non-hydrogen) atoms. The maximum Gasteiger partial charge on any atom is 0.147 e. The van der Waals surface area contributed by atoms with Gasteiger partial charge in [-0.05, 0) is 31.5 Å². The van der Waals surface area contributed by atoms with Crippen molar-refractivity contribution in [2.24, 2.45) is 5.92 Å². The third kappa shape index (κ3) is 2.75. The molecule has 3 nitrogen and oxygen atoms in total. The molecule has 1 saturated heterocycles. The summed E-state index contributed by atoms with van der Waals surface area (Å²) in [6, 6.07) is 6.38. The van der Waals surface area contributed by atoms with E-state index in [1.165, 1.54) is 6.07 Å². The summed E-state index contributed by atoms with van der Waals surface area (Å²) in [5.74, 6) is 0.0423. The zero-order chi connectivity index (χ0) is 12.3. The van der Waals surface area contributed by atoms with E-state index in [0.29, 0.717) is 23.7 Å². The summed E-state index contributed by atoms with van der Waals surface area (Å²) in [5, 5.41) is 11.7. The molecule has 1 fully saturated rings. The summed E-state index contributed by atoms with van der Waals surface area (Å²) >= 11 is 0. The number of benzene rings is 1. The van der Waals surface area contributed by atoms with Gasteiger partial charge in [0, 0.05) is 19.1 Å². The number of rotatable bonds is 3. The highest BCUT2D eigenvalue weighted by molar-refractivity contribution is 5.48. The maximum atomic E-state index is 13.6. The Morgan fingerprint density at radius 1 is 1.59 bits per heavy atom. The molecule has 0 bridgehead atoms. The number of nitrogens with one attached hydrogen (secondary N) is 1. The fourth-order valence-corrected chi connectivity index (χ4v) is 2.01. The summed E-state index contributed by atoms with van der Waals surface area (Å²) in [5.41, 5.74) is 0.786. The van der Waals surface area contributed by atoms with Crippen molar-refractivity contribution >= 4 is 5.69 Å². The first-order chi connectivity index (χ1) is 8.20. The van der Waals surface area contributed by atoms with Gasteiger partial charge in [-0.2, -0.15) is 5.26 Å². The molecule has 1 aliphatic heterocycles.